The van der Waals surface area contributed by atoms with Crippen LogP contribution in [0.4, 0.5) is 4.79 Å². The number of piperidine rings is 1. The summed E-state index contributed by atoms with van der Waals surface area (Å²) in [5, 5.41) is 11.9. The molecule has 1 aliphatic carbocycles. The number of carbonyl (C=O) groups excluding carboxylic acids is 2. The number of aliphatic carboxylic acids is 1. The first-order chi connectivity index (χ1) is 17.0. The van der Waals surface area contributed by atoms with Crippen LogP contribution in [0, 0.1) is 11.8 Å². The quantitative estimate of drug-likeness (QED) is 0.588. The van der Waals surface area contributed by atoms with Crippen molar-refractivity contribution in [2.45, 2.75) is 57.0 Å². The minimum Gasteiger partial charge on any atom is -0.481 e. The summed E-state index contributed by atoms with van der Waals surface area (Å²) in [6.45, 7) is 2.29. The number of nitrogens with one attached hydrogen (secondary N) is 1. The highest BCUT2D eigenvalue weighted by molar-refractivity contribution is 5.87. The molecule has 0 radical (unpaired) electrons. The minimum absolute atomic E-state index is 0.0835. The SMILES string of the molecule is CC#CCC(NC(=O)OCC1c2ccccc2-c2ccccc21)C(=O)N1CCCC[C@H]1CC(=O)O. The van der Waals surface area contributed by atoms with Gasteiger partial charge in [-0.25, -0.2) is 4.79 Å². The van der Waals surface area contributed by atoms with E-state index in [1.54, 1.807) is 11.8 Å². The number of likely N-dealkylation sites (tertiary alicyclic amines) is 1. The lowest BCUT2D eigenvalue weighted by atomic mass is 9.98. The van der Waals surface area contributed by atoms with Crippen LogP contribution in [0.3, 0.4) is 0 Å². The highest BCUT2D eigenvalue weighted by Gasteiger charge is 2.34. The largest absolute Gasteiger partial charge is 0.481 e. The summed E-state index contributed by atoms with van der Waals surface area (Å²) in [5.41, 5.74) is 4.49. The van der Waals surface area contributed by atoms with Crippen molar-refractivity contribution in [2.75, 3.05) is 13.2 Å². The maximum absolute atomic E-state index is 13.3. The normalized spacial score (nSPS) is 17.4. The van der Waals surface area contributed by atoms with Crippen molar-refractivity contribution in [3.8, 4) is 23.0 Å². The molecule has 7 nitrogen and oxygen atoms in total. The second kappa shape index (κ2) is 11.1. The molecule has 1 aliphatic heterocycles. The Morgan fingerprint density at radius 3 is 2.37 bits per heavy atom. The number of amides is 2. The van der Waals surface area contributed by atoms with Gasteiger partial charge in [0, 0.05) is 24.9 Å². The van der Waals surface area contributed by atoms with E-state index in [0.717, 1.165) is 35.1 Å². The summed E-state index contributed by atoms with van der Waals surface area (Å²) in [7, 11) is 0. The fourth-order valence-corrected chi connectivity index (χ4v) is 5.09. The van der Waals surface area contributed by atoms with Crippen molar-refractivity contribution in [3.05, 3.63) is 59.7 Å². The van der Waals surface area contributed by atoms with Gasteiger partial charge >= 0.3 is 12.1 Å². The first kappa shape index (κ1) is 24.3. The second-order valence-corrected chi connectivity index (χ2v) is 8.93. The smallest absolute Gasteiger partial charge is 0.407 e. The fourth-order valence-electron chi connectivity index (χ4n) is 5.09. The number of alkyl carbamates (subject to hydrolysis) is 1. The van der Waals surface area contributed by atoms with Gasteiger partial charge in [-0.1, -0.05) is 48.5 Å². The Hall–Kier alpha value is -3.79. The number of hydrogen-bond acceptors (Lipinski definition) is 4. The highest BCUT2D eigenvalue weighted by Crippen LogP contribution is 2.44. The number of nitrogens with zero attached hydrogens (tertiary/aromatic N) is 1. The van der Waals surface area contributed by atoms with E-state index in [1.807, 2.05) is 36.4 Å². The topological polar surface area (TPSA) is 95.9 Å². The molecule has 2 amide bonds. The van der Waals surface area contributed by atoms with E-state index in [0.29, 0.717) is 13.0 Å². The molecular weight excluding hydrogens is 444 g/mol. The fraction of sp³-hybridized carbons (Fsp3) is 0.393. The average Bonchev–Trinajstić information content (AvgIpc) is 3.18. The number of fused-ring (bicyclic) bond motifs is 3. The molecule has 1 unspecified atom stereocenters. The number of rotatable bonds is 7. The molecule has 1 heterocycles. The zero-order chi connectivity index (χ0) is 24.8. The third-order valence-electron chi connectivity index (χ3n) is 6.74. The highest BCUT2D eigenvalue weighted by atomic mass is 16.5. The van der Waals surface area contributed by atoms with Crippen molar-refractivity contribution in [1.29, 1.82) is 0 Å². The van der Waals surface area contributed by atoms with Gasteiger partial charge in [-0.2, -0.15) is 0 Å². The van der Waals surface area contributed by atoms with Gasteiger partial charge in [0.05, 0.1) is 6.42 Å². The number of carbonyl (C=O) groups is 3. The number of carboxylic acids is 1. The molecule has 2 aliphatic rings. The van der Waals surface area contributed by atoms with Crippen molar-refractivity contribution < 1.29 is 24.2 Å². The Morgan fingerprint density at radius 2 is 1.74 bits per heavy atom. The van der Waals surface area contributed by atoms with E-state index in [1.165, 1.54) is 0 Å². The van der Waals surface area contributed by atoms with E-state index in [-0.39, 0.29) is 37.3 Å². The van der Waals surface area contributed by atoms with Crippen LogP contribution in [0.1, 0.15) is 56.1 Å². The van der Waals surface area contributed by atoms with Gasteiger partial charge in [-0.05, 0) is 48.4 Å². The van der Waals surface area contributed by atoms with Crippen molar-refractivity contribution in [2.24, 2.45) is 0 Å². The Balaban J connectivity index is 1.44. The Bertz CT molecular complexity index is 1120. The van der Waals surface area contributed by atoms with Crippen LogP contribution >= 0.6 is 0 Å². The minimum atomic E-state index is -0.941. The van der Waals surface area contributed by atoms with Crippen LogP contribution in [0.15, 0.2) is 48.5 Å². The van der Waals surface area contributed by atoms with Crippen molar-refractivity contribution in [3.63, 3.8) is 0 Å². The van der Waals surface area contributed by atoms with Crippen LogP contribution in [0.5, 0.6) is 0 Å². The summed E-state index contributed by atoms with van der Waals surface area (Å²) in [4.78, 5) is 39.0. The van der Waals surface area contributed by atoms with E-state index in [4.69, 9.17) is 4.74 Å². The molecule has 2 atom stereocenters. The predicted octanol–water partition coefficient (Wildman–Crippen LogP) is 4.16. The molecule has 1 saturated heterocycles. The molecule has 1 fully saturated rings. The zero-order valence-electron chi connectivity index (χ0n) is 19.8. The van der Waals surface area contributed by atoms with Gasteiger partial charge in [-0.15, -0.1) is 11.8 Å². The second-order valence-electron chi connectivity index (χ2n) is 8.93. The lowest BCUT2D eigenvalue weighted by Gasteiger charge is -2.37. The Morgan fingerprint density at radius 1 is 1.09 bits per heavy atom. The van der Waals surface area contributed by atoms with Crippen LogP contribution < -0.4 is 5.32 Å². The van der Waals surface area contributed by atoms with Gasteiger partial charge in [0.15, 0.2) is 0 Å². The van der Waals surface area contributed by atoms with Gasteiger partial charge in [0.1, 0.15) is 12.6 Å². The molecule has 7 heteroatoms. The third-order valence-corrected chi connectivity index (χ3v) is 6.74. The van der Waals surface area contributed by atoms with Gasteiger partial charge < -0.3 is 20.1 Å². The van der Waals surface area contributed by atoms with E-state index >= 15 is 0 Å². The maximum atomic E-state index is 13.3. The van der Waals surface area contributed by atoms with E-state index in [2.05, 4.69) is 29.3 Å². The number of hydrogen-bond donors (Lipinski definition) is 2. The number of ether oxygens (including phenoxy) is 1. The first-order valence-electron chi connectivity index (χ1n) is 12.0. The summed E-state index contributed by atoms with van der Waals surface area (Å²) in [6, 6.07) is 14.9. The van der Waals surface area contributed by atoms with E-state index in [9.17, 15) is 19.5 Å². The molecular formula is C28H30N2O5. The van der Waals surface area contributed by atoms with Gasteiger partial charge in [0.2, 0.25) is 5.91 Å². The Labute approximate surface area is 205 Å². The number of carboxylic acid groups (broad SMARTS) is 1. The zero-order valence-corrected chi connectivity index (χ0v) is 19.8. The molecule has 0 spiro atoms. The molecule has 2 aromatic carbocycles. The van der Waals surface area contributed by atoms with Crippen LogP contribution in [-0.4, -0.2) is 53.2 Å². The standard InChI is InChI=1S/C28H30N2O5/c1-2-3-15-25(27(33)30-16-9-8-10-19(30)17-26(31)32)29-28(34)35-18-24-22-13-6-4-11-20(22)21-12-5-7-14-23(21)24/h4-7,11-14,19,24-25H,8-10,15-18H2,1H3,(H,29,34)(H,31,32)/t19-,25?/m0/s1. The Kier molecular flexibility index (Phi) is 7.71. The molecule has 4 rings (SSSR count). The van der Waals surface area contributed by atoms with Crippen LogP contribution in [0.25, 0.3) is 11.1 Å². The number of benzene rings is 2. The summed E-state index contributed by atoms with van der Waals surface area (Å²) >= 11 is 0. The third kappa shape index (κ3) is 5.48. The van der Waals surface area contributed by atoms with Gasteiger partial charge in [0.25, 0.3) is 0 Å². The summed E-state index contributed by atoms with van der Waals surface area (Å²) in [6.07, 6.45) is 1.66. The molecule has 0 aromatic heterocycles. The summed E-state index contributed by atoms with van der Waals surface area (Å²) < 4.78 is 5.62. The molecule has 0 saturated carbocycles. The van der Waals surface area contributed by atoms with Crippen LogP contribution in [0.2, 0.25) is 0 Å². The lowest BCUT2D eigenvalue weighted by Crippen LogP contribution is -2.53. The summed E-state index contributed by atoms with van der Waals surface area (Å²) in [5.74, 6) is 4.30. The lowest BCUT2D eigenvalue weighted by molar-refractivity contribution is -0.142. The molecule has 2 aromatic rings. The monoisotopic (exact) mass is 474 g/mol. The molecule has 182 valence electrons. The molecule has 35 heavy (non-hydrogen) atoms. The van der Waals surface area contributed by atoms with E-state index < -0.39 is 18.1 Å². The van der Waals surface area contributed by atoms with Crippen molar-refractivity contribution in [1.82, 2.24) is 10.2 Å². The average molecular weight is 475 g/mol. The predicted molar refractivity (Wildman–Crippen MR) is 132 cm³/mol. The molecule has 0 bridgehead atoms. The maximum Gasteiger partial charge on any atom is 0.407 e. The first-order valence-corrected chi connectivity index (χ1v) is 12.0. The molecule has 2 N–H and O–H groups in total. The van der Waals surface area contributed by atoms with Gasteiger partial charge in [-0.3, -0.25) is 9.59 Å². The van der Waals surface area contributed by atoms with Crippen molar-refractivity contribution >= 4 is 18.0 Å². The van der Waals surface area contributed by atoms with Crippen LogP contribution in [-0.2, 0) is 14.3 Å².